The number of halogens is 1. The first-order valence-electron chi connectivity index (χ1n) is 7.49. The Morgan fingerprint density at radius 2 is 1.88 bits per heavy atom. The van der Waals surface area contributed by atoms with Crippen molar-refractivity contribution in [3.63, 3.8) is 0 Å². The summed E-state index contributed by atoms with van der Waals surface area (Å²) in [7, 11) is 3.24. The predicted octanol–water partition coefficient (Wildman–Crippen LogP) is 3.08. The third kappa shape index (κ3) is 3.32. The van der Waals surface area contributed by atoms with Gasteiger partial charge in [0.15, 0.2) is 0 Å². The first kappa shape index (κ1) is 16.9. The van der Waals surface area contributed by atoms with E-state index in [0.29, 0.717) is 28.2 Å². The molecule has 5 N–H and O–H groups in total. The van der Waals surface area contributed by atoms with E-state index in [0.717, 1.165) is 17.1 Å². The van der Waals surface area contributed by atoms with Crippen LogP contribution in [0.25, 0.3) is 10.9 Å². The molecule has 1 heterocycles. The first-order chi connectivity index (χ1) is 12.0. The second-order valence-corrected chi connectivity index (χ2v) is 5.70. The monoisotopic (exact) mass is 359 g/mol. The van der Waals surface area contributed by atoms with Gasteiger partial charge in [-0.25, -0.2) is 4.98 Å². The van der Waals surface area contributed by atoms with Gasteiger partial charge in [-0.05, 0) is 30.3 Å². The molecule has 0 aliphatic rings. The van der Waals surface area contributed by atoms with Crippen LogP contribution in [0.2, 0.25) is 5.02 Å². The second-order valence-electron chi connectivity index (χ2n) is 5.32. The fourth-order valence-electron chi connectivity index (χ4n) is 2.58. The summed E-state index contributed by atoms with van der Waals surface area (Å²) in [5.74, 6) is 1.86. The van der Waals surface area contributed by atoms with Gasteiger partial charge in [-0.15, -0.1) is 0 Å². The molecule has 8 heteroatoms. The Kier molecular flexibility index (Phi) is 4.67. The van der Waals surface area contributed by atoms with Gasteiger partial charge in [0, 0.05) is 12.1 Å². The molecule has 2 aromatic carbocycles. The first-order valence-corrected chi connectivity index (χ1v) is 7.87. The SMILES string of the molecule is COc1ccc(OC)c(CNc2ccc3nc(N)nc(N)c3c2Cl)c1. The Morgan fingerprint density at radius 3 is 2.60 bits per heavy atom. The van der Waals surface area contributed by atoms with Crippen LogP contribution in [0.4, 0.5) is 17.5 Å². The molecule has 0 atom stereocenters. The largest absolute Gasteiger partial charge is 0.497 e. The van der Waals surface area contributed by atoms with E-state index >= 15 is 0 Å². The standard InChI is InChI=1S/C17H18ClN5O2/c1-24-10-3-6-13(25-2)9(7-10)8-21-12-5-4-11-14(15(12)18)16(19)23-17(20)22-11/h3-7,21H,8H2,1-2H3,(H4,19,20,22,23). The zero-order chi connectivity index (χ0) is 18.0. The quantitative estimate of drug-likeness (QED) is 0.642. The molecule has 0 aliphatic heterocycles. The highest BCUT2D eigenvalue weighted by molar-refractivity contribution is 6.39. The van der Waals surface area contributed by atoms with Gasteiger partial charge < -0.3 is 26.3 Å². The fraction of sp³-hybridized carbons (Fsp3) is 0.176. The summed E-state index contributed by atoms with van der Waals surface area (Å²) in [6, 6.07) is 9.21. The zero-order valence-electron chi connectivity index (χ0n) is 13.8. The average Bonchev–Trinajstić information content (AvgIpc) is 2.60. The van der Waals surface area contributed by atoms with Gasteiger partial charge in [-0.2, -0.15) is 4.98 Å². The summed E-state index contributed by atoms with van der Waals surface area (Å²) < 4.78 is 10.6. The van der Waals surface area contributed by atoms with Crippen molar-refractivity contribution in [1.29, 1.82) is 0 Å². The van der Waals surface area contributed by atoms with Gasteiger partial charge in [0.1, 0.15) is 17.3 Å². The number of nitrogens with two attached hydrogens (primary N) is 2. The Bertz CT molecular complexity index is 933. The van der Waals surface area contributed by atoms with E-state index in [1.165, 1.54) is 0 Å². The minimum Gasteiger partial charge on any atom is -0.497 e. The van der Waals surface area contributed by atoms with Crippen molar-refractivity contribution in [3.05, 3.63) is 40.9 Å². The maximum Gasteiger partial charge on any atom is 0.222 e. The van der Waals surface area contributed by atoms with Crippen molar-refractivity contribution in [2.75, 3.05) is 31.0 Å². The molecule has 3 aromatic rings. The number of ether oxygens (including phenoxy) is 2. The van der Waals surface area contributed by atoms with E-state index < -0.39 is 0 Å². The van der Waals surface area contributed by atoms with Crippen LogP contribution in [0.5, 0.6) is 11.5 Å². The average molecular weight is 360 g/mol. The summed E-state index contributed by atoms with van der Waals surface area (Å²) >= 11 is 6.48. The molecule has 0 saturated heterocycles. The Balaban J connectivity index is 1.93. The van der Waals surface area contributed by atoms with Gasteiger partial charge in [-0.1, -0.05) is 11.6 Å². The summed E-state index contributed by atoms with van der Waals surface area (Å²) in [6.07, 6.45) is 0. The lowest BCUT2D eigenvalue weighted by atomic mass is 10.1. The highest BCUT2D eigenvalue weighted by atomic mass is 35.5. The third-order valence-electron chi connectivity index (χ3n) is 3.80. The molecule has 1 aromatic heterocycles. The molecule has 0 radical (unpaired) electrons. The molecule has 25 heavy (non-hydrogen) atoms. The van der Waals surface area contributed by atoms with Crippen molar-refractivity contribution in [2.24, 2.45) is 0 Å². The number of hydrogen-bond acceptors (Lipinski definition) is 7. The summed E-state index contributed by atoms with van der Waals surface area (Å²) in [6.45, 7) is 0.487. The van der Waals surface area contributed by atoms with Crippen molar-refractivity contribution in [2.45, 2.75) is 6.54 Å². The topological polar surface area (TPSA) is 108 Å². The molecular weight excluding hydrogens is 342 g/mol. The van der Waals surface area contributed by atoms with E-state index in [4.69, 9.17) is 32.5 Å². The minimum atomic E-state index is 0.114. The summed E-state index contributed by atoms with van der Waals surface area (Å²) in [4.78, 5) is 8.11. The number of rotatable bonds is 5. The van der Waals surface area contributed by atoms with Gasteiger partial charge in [0.25, 0.3) is 0 Å². The molecule has 7 nitrogen and oxygen atoms in total. The van der Waals surface area contributed by atoms with Crippen LogP contribution >= 0.6 is 11.6 Å². The summed E-state index contributed by atoms with van der Waals surface area (Å²) in [5.41, 5.74) is 13.8. The maximum atomic E-state index is 6.48. The smallest absolute Gasteiger partial charge is 0.222 e. The highest BCUT2D eigenvalue weighted by Gasteiger charge is 2.12. The van der Waals surface area contributed by atoms with Crippen molar-refractivity contribution >= 4 is 40.0 Å². The highest BCUT2D eigenvalue weighted by Crippen LogP contribution is 2.34. The van der Waals surface area contributed by atoms with E-state index in [-0.39, 0.29) is 11.8 Å². The minimum absolute atomic E-state index is 0.114. The van der Waals surface area contributed by atoms with Crippen LogP contribution in [-0.4, -0.2) is 24.2 Å². The Hall–Kier alpha value is -2.93. The number of nitrogens with one attached hydrogen (secondary N) is 1. The van der Waals surface area contributed by atoms with Gasteiger partial charge in [0.2, 0.25) is 5.95 Å². The molecule has 0 aliphatic carbocycles. The van der Waals surface area contributed by atoms with Gasteiger partial charge in [-0.3, -0.25) is 0 Å². The van der Waals surface area contributed by atoms with Crippen molar-refractivity contribution in [3.8, 4) is 11.5 Å². The van der Waals surface area contributed by atoms with Crippen LogP contribution in [-0.2, 0) is 6.54 Å². The number of hydrogen-bond donors (Lipinski definition) is 3. The number of anilines is 3. The molecule has 0 spiro atoms. The number of aromatic nitrogens is 2. The van der Waals surface area contributed by atoms with E-state index in [1.807, 2.05) is 24.3 Å². The molecule has 0 amide bonds. The Morgan fingerprint density at radius 1 is 1.08 bits per heavy atom. The number of fused-ring (bicyclic) bond motifs is 1. The molecule has 0 unspecified atom stereocenters. The normalized spacial score (nSPS) is 10.7. The van der Waals surface area contributed by atoms with Gasteiger partial charge in [0.05, 0.1) is 35.8 Å². The van der Waals surface area contributed by atoms with E-state index in [1.54, 1.807) is 20.3 Å². The third-order valence-corrected chi connectivity index (χ3v) is 4.20. The number of nitrogens with zero attached hydrogens (tertiary/aromatic N) is 2. The molecular formula is C17H18ClN5O2. The van der Waals surface area contributed by atoms with Crippen molar-refractivity contribution < 1.29 is 9.47 Å². The second kappa shape index (κ2) is 6.90. The molecule has 130 valence electrons. The zero-order valence-corrected chi connectivity index (χ0v) is 14.6. The molecule has 0 saturated carbocycles. The van der Waals surface area contributed by atoms with Crippen LogP contribution in [0.3, 0.4) is 0 Å². The van der Waals surface area contributed by atoms with Crippen molar-refractivity contribution in [1.82, 2.24) is 9.97 Å². The van der Waals surface area contributed by atoms with Crippen LogP contribution < -0.4 is 26.3 Å². The lowest BCUT2D eigenvalue weighted by Gasteiger charge is -2.14. The van der Waals surface area contributed by atoms with Crippen LogP contribution in [0, 0.1) is 0 Å². The lowest BCUT2D eigenvalue weighted by Crippen LogP contribution is -2.05. The molecule has 0 bridgehead atoms. The van der Waals surface area contributed by atoms with Gasteiger partial charge >= 0.3 is 0 Å². The lowest BCUT2D eigenvalue weighted by molar-refractivity contribution is 0.399. The number of methoxy groups -OCH3 is 2. The Labute approximate surface area is 149 Å². The maximum absolute atomic E-state index is 6.48. The van der Waals surface area contributed by atoms with Crippen LogP contribution in [0.1, 0.15) is 5.56 Å². The molecule has 0 fully saturated rings. The van der Waals surface area contributed by atoms with Crippen LogP contribution in [0.15, 0.2) is 30.3 Å². The predicted molar refractivity (Wildman–Crippen MR) is 100 cm³/mol. The number of benzene rings is 2. The summed E-state index contributed by atoms with van der Waals surface area (Å²) in [5, 5.41) is 4.29. The molecule has 3 rings (SSSR count). The van der Waals surface area contributed by atoms with E-state index in [2.05, 4.69) is 15.3 Å². The fourth-order valence-corrected chi connectivity index (χ4v) is 2.90. The van der Waals surface area contributed by atoms with E-state index in [9.17, 15) is 0 Å². The number of nitrogen functional groups attached to an aromatic ring is 2.